The first kappa shape index (κ1) is 15.9. The molecule has 0 saturated carbocycles. The Kier molecular flexibility index (Phi) is 4.79. The van der Waals surface area contributed by atoms with Crippen molar-refractivity contribution in [2.75, 3.05) is 12.9 Å². The maximum atomic E-state index is 12.3. The Balaban J connectivity index is 1.78. The van der Waals surface area contributed by atoms with Crippen molar-refractivity contribution in [3.05, 3.63) is 30.3 Å². The van der Waals surface area contributed by atoms with Gasteiger partial charge in [0.2, 0.25) is 5.91 Å². The number of hydrogen-bond donors (Lipinski definition) is 0. The first-order valence-electron chi connectivity index (χ1n) is 8.15. The number of benzene rings is 1. The summed E-state index contributed by atoms with van der Waals surface area (Å²) in [6, 6.07) is 11.1. The normalized spacial score (nSPS) is 31.1. The second-order valence-corrected chi connectivity index (χ2v) is 7.72. The summed E-state index contributed by atoms with van der Waals surface area (Å²) in [4.78, 5) is 15.8. The zero-order valence-electron chi connectivity index (χ0n) is 13.6. The van der Waals surface area contributed by atoms with Crippen molar-refractivity contribution in [3.63, 3.8) is 0 Å². The molecule has 2 heterocycles. The van der Waals surface area contributed by atoms with Crippen LogP contribution >= 0.6 is 11.8 Å². The number of nitrogens with zero attached hydrogens (tertiary/aromatic N) is 1. The molecule has 22 heavy (non-hydrogen) atoms. The van der Waals surface area contributed by atoms with Gasteiger partial charge in [0.25, 0.3) is 0 Å². The summed E-state index contributed by atoms with van der Waals surface area (Å²) < 4.78 is 5.86. The summed E-state index contributed by atoms with van der Waals surface area (Å²) in [7, 11) is 1.80. The predicted molar refractivity (Wildman–Crippen MR) is 89.9 cm³/mol. The molecule has 0 bridgehead atoms. The largest absolute Gasteiger partial charge is 0.379 e. The van der Waals surface area contributed by atoms with E-state index in [4.69, 9.17) is 4.74 Å². The molecule has 0 N–H and O–H groups in total. The monoisotopic (exact) mass is 319 g/mol. The van der Waals surface area contributed by atoms with E-state index in [0.717, 1.165) is 12.2 Å². The molecule has 120 valence electrons. The number of thioether (sulfide) groups is 1. The van der Waals surface area contributed by atoms with Crippen LogP contribution in [-0.2, 0) is 9.53 Å². The second kappa shape index (κ2) is 6.63. The van der Waals surface area contributed by atoms with E-state index in [2.05, 4.69) is 43.0 Å². The van der Waals surface area contributed by atoms with Gasteiger partial charge in [0.1, 0.15) is 0 Å². The Hall–Kier alpha value is -1.00. The molecular weight excluding hydrogens is 294 g/mol. The first-order valence-corrected chi connectivity index (χ1v) is 9.14. The van der Waals surface area contributed by atoms with Crippen LogP contribution in [0.4, 0.5) is 0 Å². The van der Waals surface area contributed by atoms with E-state index in [1.54, 1.807) is 7.11 Å². The lowest BCUT2D eigenvalue weighted by atomic mass is 9.91. The molecule has 1 amide bonds. The van der Waals surface area contributed by atoms with Crippen LogP contribution in [0.3, 0.4) is 0 Å². The zero-order valence-corrected chi connectivity index (χ0v) is 14.4. The highest BCUT2D eigenvalue weighted by molar-refractivity contribution is 7.99. The van der Waals surface area contributed by atoms with Gasteiger partial charge < -0.3 is 9.64 Å². The third kappa shape index (κ3) is 2.79. The number of ether oxygens (including phenoxy) is 1. The topological polar surface area (TPSA) is 29.5 Å². The summed E-state index contributed by atoms with van der Waals surface area (Å²) in [5.74, 6) is 2.19. The second-order valence-electron chi connectivity index (χ2n) is 6.63. The average Bonchev–Trinajstić information content (AvgIpc) is 3.04. The van der Waals surface area contributed by atoms with Gasteiger partial charge in [-0.15, -0.1) is 11.8 Å². The highest BCUT2D eigenvalue weighted by Crippen LogP contribution is 2.43. The van der Waals surface area contributed by atoms with Crippen molar-refractivity contribution in [1.29, 1.82) is 0 Å². The first-order chi connectivity index (χ1) is 10.6. The molecule has 0 aliphatic carbocycles. The SMILES string of the molecule is CO[C@H]1C(CSc2ccccc2)[C@@H]2CCC(=O)N2[C@@H]1C(C)C. The Labute approximate surface area is 137 Å². The van der Waals surface area contributed by atoms with E-state index in [-0.39, 0.29) is 12.1 Å². The Morgan fingerprint density at radius 2 is 2.05 bits per heavy atom. The minimum atomic E-state index is 0.158. The Morgan fingerprint density at radius 3 is 2.68 bits per heavy atom. The molecule has 1 aromatic rings. The molecule has 2 fully saturated rings. The zero-order chi connectivity index (χ0) is 15.7. The van der Waals surface area contributed by atoms with Crippen LogP contribution in [0.5, 0.6) is 0 Å². The van der Waals surface area contributed by atoms with Gasteiger partial charge in [-0.05, 0) is 24.5 Å². The van der Waals surface area contributed by atoms with Crippen LogP contribution < -0.4 is 0 Å². The molecule has 4 atom stereocenters. The Bertz CT molecular complexity index is 519. The van der Waals surface area contributed by atoms with Crippen LogP contribution in [0, 0.1) is 11.8 Å². The van der Waals surface area contributed by atoms with E-state index < -0.39 is 0 Å². The number of rotatable bonds is 5. The van der Waals surface area contributed by atoms with Gasteiger partial charge in [0.05, 0.1) is 12.1 Å². The van der Waals surface area contributed by atoms with E-state index in [0.29, 0.717) is 30.2 Å². The van der Waals surface area contributed by atoms with Crippen molar-refractivity contribution in [2.45, 2.75) is 49.8 Å². The van der Waals surface area contributed by atoms with Crippen LogP contribution in [0.25, 0.3) is 0 Å². The lowest BCUT2D eigenvalue weighted by Crippen LogP contribution is -2.43. The molecule has 0 aromatic heterocycles. The standard InChI is InChI=1S/C18H25NO2S/c1-12(2)17-18(21-3)14(15-9-10-16(20)19(15)17)11-22-13-7-5-4-6-8-13/h4-8,12,14-15,17-18H,9-11H2,1-3H3/t14?,15-,17+,18-/m0/s1. The van der Waals surface area contributed by atoms with Gasteiger partial charge in [0, 0.05) is 36.1 Å². The van der Waals surface area contributed by atoms with Crippen molar-refractivity contribution in [2.24, 2.45) is 11.8 Å². The Morgan fingerprint density at radius 1 is 1.32 bits per heavy atom. The lowest BCUT2D eigenvalue weighted by molar-refractivity contribution is -0.131. The van der Waals surface area contributed by atoms with Crippen molar-refractivity contribution < 1.29 is 9.53 Å². The number of carbonyl (C=O) groups is 1. The smallest absolute Gasteiger partial charge is 0.223 e. The van der Waals surface area contributed by atoms with Crippen LogP contribution in [0.2, 0.25) is 0 Å². The molecule has 3 nitrogen and oxygen atoms in total. The van der Waals surface area contributed by atoms with Gasteiger partial charge in [-0.2, -0.15) is 0 Å². The summed E-state index contributed by atoms with van der Waals surface area (Å²) >= 11 is 1.88. The van der Waals surface area contributed by atoms with Gasteiger partial charge in [0.15, 0.2) is 0 Å². The third-order valence-electron chi connectivity index (χ3n) is 5.01. The van der Waals surface area contributed by atoms with E-state index in [1.807, 2.05) is 17.8 Å². The third-order valence-corrected chi connectivity index (χ3v) is 6.17. The fraction of sp³-hybridized carbons (Fsp3) is 0.611. The minimum Gasteiger partial charge on any atom is -0.379 e. The summed E-state index contributed by atoms with van der Waals surface area (Å²) in [5, 5.41) is 0. The fourth-order valence-electron chi connectivity index (χ4n) is 4.09. The quantitative estimate of drug-likeness (QED) is 0.779. The minimum absolute atomic E-state index is 0.158. The number of hydrogen-bond acceptors (Lipinski definition) is 3. The maximum Gasteiger partial charge on any atom is 0.223 e. The summed E-state index contributed by atoms with van der Waals surface area (Å²) in [5.41, 5.74) is 0. The van der Waals surface area contributed by atoms with E-state index in [1.165, 1.54) is 4.90 Å². The molecule has 0 spiro atoms. The molecule has 1 unspecified atom stereocenters. The number of amides is 1. The van der Waals surface area contributed by atoms with Crippen molar-refractivity contribution in [3.8, 4) is 0 Å². The predicted octanol–water partition coefficient (Wildman–Crippen LogP) is 3.44. The molecular formula is C18H25NO2S. The van der Waals surface area contributed by atoms with Gasteiger partial charge in [-0.3, -0.25) is 4.79 Å². The van der Waals surface area contributed by atoms with E-state index in [9.17, 15) is 4.79 Å². The highest BCUT2D eigenvalue weighted by Gasteiger charge is 2.54. The molecule has 0 radical (unpaired) electrons. The lowest BCUT2D eigenvalue weighted by Gasteiger charge is -2.30. The summed E-state index contributed by atoms with van der Waals surface area (Å²) in [6.07, 6.45) is 1.85. The van der Waals surface area contributed by atoms with Gasteiger partial charge >= 0.3 is 0 Å². The number of fused-ring (bicyclic) bond motifs is 1. The molecule has 2 saturated heterocycles. The van der Waals surface area contributed by atoms with Crippen molar-refractivity contribution >= 4 is 17.7 Å². The molecule has 4 heteroatoms. The molecule has 1 aromatic carbocycles. The molecule has 2 aliphatic heterocycles. The summed E-state index contributed by atoms with van der Waals surface area (Å²) in [6.45, 7) is 4.40. The average molecular weight is 319 g/mol. The van der Waals surface area contributed by atoms with E-state index >= 15 is 0 Å². The van der Waals surface area contributed by atoms with Crippen LogP contribution in [-0.4, -0.2) is 41.9 Å². The fourth-order valence-corrected chi connectivity index (χ4v) is 5.24. The van der Waals surface area contributed by atoms with Crippen molar-refractivity contribution in [1.82, 2.24) is 4.90 Å². The molecule has 2 aliphatic rings. The highest BCUT2D eigenvalue weighted by atomic mass is 32.2. The van der Waals surface area contributed by atoms with Gasteiger partial charge in [-0.1, -0.05) is 32.0 Å². The maximum absolute atomic E-state index is 12.3. The van der Waals surface area contributed by atoms with Gasteiger partial charge in [-0.25, -0.2) is 0 Å². The molecule has 3 rings (SSSR count). The van der Waals surface area contributed by atoms with Crippen LogP contribution in [0.15, 0.2) is 35.2 Å². The number of methoxy groups -OCH3 is 1. The van der Waals surface area contributed by atoms with Crippen LogP contribution in [0.1, 0.15) is 26.7 Å². The number of carbonyl (C=O) groups excluding carboxylic acids is 1.